The number of hydrazone groups is 1. The Bertz CT molecular complexity index is 772. The van der Waals surface area contributed by atoms with Crippen LogP contribution in [0.1, 0.15) is 29.3 Å². The second kappa shape index (κ2) is 6.92. The first-order chi connectivity index (χ1) is 11.5. The Morgan fingerprint density at radius 3 is 2.67 bits per heavy atom. The molecule has 7 heteroatoms. The summed E-state index contributed by atoms with van der Waals surface area (Å²) in [5.41, 5.74) is 1.11. The van der Waals surface area contributed by atoms with Gasteiger partial charge in [0.2, 0.25) is 5.91 Å². The number of hydrogen-bond donors (Lipinski definition) is 1. The summed E-state index contributed by atoms with van der Waals surface area (Å²) in [6.07, 6.45) is 0.582. The summed E-state index contributed by atoms with van der Waals surface area (Å²) >= 11 is 1.51. The van der Waals surface area contributed by atoms with E-state index in [-0.39, 0.29) is 30.1 Å². The molecule has 3 rings (SSSR count). The molecule has 24 heavy (non-hydrogen) atoms. The van der Waals surface area contributed by atoms with E-state index in [2.05, 4.69) is 10.4 Å². The van der Waals surface area contributed by atoms with Gasteiger partial charge >= 0.3 is 0 Å². The number of rotatable bonds is 4. The fourth-order valence-electron chi connectivity index (χ4n) is 2.48. The van der Waals surface area contributed by atoms with E-state index < -0.39 is 0 Å². The Morgan fingerprint density at radius 1 is 1.29 bits per heavy atom. The van der Waals surface area contributed by atoms with E-state index in [9.17, 15) is 14.0 Å². The van der Waals surface area contributed by atoms with Gasteiger partial charge in [0, 0.05) is 24.8 Å². The van der Waals surface area contributed by atoms with E-state index in [4.69, 9.17) is 0 Å². The molecule has 2 amide bonds. The Kier molecular flexibility index (Phi) is 4.71. The molecule has 1 aliphatic rings. The minimum Gasteiger partial charge on any atom is -0.339 e. The maximum atomic E-state index is 13.2. The molecule has 0 saturated heterocycles. The van der Waals surface area contributed by atoms with Crippen LogP contribution in [0, 0.1) is 5.82 Å². The summed E-state index contributed by atoms with van der Waals surface area (Å²) in [7, 11) is 1.53. The molecule has 1 N–H and O–H groups in total. The van der Waals surface area contributed by atoms with E-state index in [1.54, 1.807) is 12.1 Å². The van der Waals surface area contributed by atoms with Gasteiger partial charge in [0.15, 0.2) is 0 Å². The molecule has 0 unspecified atom stereocenters. The van der Waals surface area contributed by atoms with Gasteiger partial charge in [-0.25, -0.2) is 9.40 Å². The zero-order chi connectivity index (χ0) is 17.1. The lowest BCUT2D eigenvalue weighted by atomic mass is 10.0. The molecule has 0 aliphatic carbocycles. The molecular weight excluding hydrogens is 329 g/mol. The molecule has 2 aromatic rings. The lowest BCUT2D eigenvalue weighted by Gasteiger charge is -2.22. The molecule has 124 valence electrons. The Labute approximate surface area is 142 Å². The average Bonchev–Trinajstić information content (AvgIpc) is 3.10. The van der Waals surface area contributed by atoms with Crippen molar-refractivity contribution in [2.24, 2.45) is 5.10 Å². The normalized spacial score (nSPS) is 15.8. The summed E-state index contributed by atoms with van der Waals surface area (Å²) in [5.74, 6) is -0.760. The molecule has 1 aromatic carbocycles. The first-order valence-corrected chi connectivity index (χ1v) is 8.36. The molecule has 0 fully saturated rings. The van der Waals surface area contributed by atoms with Crippen molar-refractivity contribution in [1.82, 2.24) is 10.3 Å². The van der Waals surface area contributed by atoms with Crippen molar-refractivity contribution in [2.45, 2.75) is 18.9 Å². The van der Waals surface area contributed by atoms with E-state index >= 15 is 0 Å². The number of nitrogens with zero attached hydrogens (tertiary/aromatic N) is 2. The van der Waals surface area contributed by atoms with Gasteiger partial charge in [-0.1, -0.05) is 18.2 Å². The van der Waals surface area contributed by atoms with Crippen LogP contribution in [0.3, 0.4) is 0 Å². The molecule has 1 aliphatic heterocycles. The van der Waals surface area contributed by atoms with Gasteiger partial charge in [-0.15, -0.1) is 11.3 Å². The highest BCUT2D eigenvalue weighted by Crippen LogP contribution is 2.26. The van der Waals surface area contributed by atoms with Crippen LogP contribution in [0.2, 0.25) is 0 Å². The minimum atomic E-state index is -0.385. The second-order valence-corrected chi connectivity index (χ2v) is 6.42. The Hall–Kier alpha value is -2.54. The van der Waals surface area contributed by atoms with Crippen molar-refractivity contribution in [1.29, 1.82) is 0 Å². The van der Waals surface area contributed by atoms with Gasteiger partial charge < -0.3 is 5.32 Å². The average molecular weight is 345 g/mol. The molecule has 0 bridgehead atoms. The van der Waals surface area contributed by atoms with Gasteiger partial charge in [0.05, 0.1) is 6.04 Å². The molecule has 0 radical (unpaired) electrons. The lowest BCUT2D eigenvalue weighted by molar-refractivity contribution is -0.130. The van der Waals surface area contributed by atoms with Crippen LogP contribution in [-0.4, -0.2) is 29.6 Å². The number of hydrogen-bond acceptors (Lipinski definition) is 4. The third kappa shape index (κ3) is 3.51. The highest BCUT2D eigenvalue weighted by atomic mass is 32.1. The number of carbonyl (C=O) groups excluding carboxylic acids is 2. The summed E-state index contributed by atoms with van der Waals surface area (Å²) in [4.78, 5) is 25.0. The van der Waals surface area contributed by atoms with Crippen LogP contribution in [0.5, 0.6) is 0 Å². The van der Waals surface area contributed by atoms with Gasteiger partial charge in [0.1, 0.15) is 11.5 Å². The predicted molar refractivity (Wildman–Crippen MR) is 90.1 cm³/mol. The molecule has 5 nitrogen and oxygen atoms in total. The van der Waals surface area contributed by atoms with Crippen molar-refractivity contribution >= 4 is 28.9 Å². The van der Waals surface area contributed by atoms with Crippen LogP contribution >= 0.6 is 11.3 Å². The first-order valence-electron chi connectivity index (χ1n) is 7.48. The SMILES string of the molecule is CN1N=C(C(=O)N[C@@H](c2ccc(F)cc2)c2cccs2)CCC1=O. The van der Waals surface area contributed by atoms with E-state index in [0.29, 0.717) is 12.1 Å². The molecule has 2 heterocycles. The van der Waals surface area contributed by atoms with E-state index in [1.807, 2.05) is 17.5 Å². The van der Waals surface area contributed by atoms with Gasteiger partial charge in [-0.05, 0) is 29.1 Å². The molecular formula is C17H16FN3O2S. The van der Waals surface area contributed by atoms with Gasteiger partial charge in [-0.2, -0.15) is 5.10 Å². The largest absolute Gasteiger partial charge is 0.339 e. The van der Waals surface area contributed by atoms with Crippen LogP contribution in [0.25, 0.3) is 0 Å². The maximum Gasteiger partial charge on any atom is 0.268 e. The van der Waals surface area contributed by atoms with Crippen molar-refractivity contribution in [3.05, 3.63) is 58.0 Å². The third-order valence-corrected chi connectivity index (χ3v) is 4.71. The smallest absolute Gasteiger partial charge is 0.268 e. The van der Waals surface area contributed by atoms with Gasteiger partial charge in [-0.3, -0.25) is 9.59 Å². The molecule has 0 spiro atoms. The van der Waals surface area contributed by atoms with Gasteiger partial charge in [0.25, 0.3) is 5.91 Å². The fraction of sp³-hybridized carbons (Fsp3) is 0.235. The molecule has 0 saturated carbocycles. The highest BCUT2D eigenvalue weighted by molar-refractivity contribution is 7.10. The third-order valence-electron chi connectivity index (χ3n) is 3.78. The zero-order valence-corrected chi connectivity index (χ0v) is 13.8. The zero-order valence-electron chi connectivity index (χ0n) is 13.0. The topological polar surface area (TPSA) is 61.8 Å². The van der Waals surface area contributed by atoms with E-state index in [0.717, 1.165) is 10.4 Å². The number of amides is 2. The van der Waals surface area contributed by atoms with Crippen LogP contribution in [0.4, 0.5) is 4.39 Å². The number of nitrogens with one attached hydrogen (secondary N) is 1. The summed E-state index contributed by atoms with van der Waals surface area (Å²) < 4.78 is 13.2. The molecule has 1 atom stereocenters. The number of benzene rings is 1. The lowest BCUT2D eigenvalue weighted by Crippen LogP contribution is -2.39. The standard InChI is InChI=1S/C17H16FN3O2S/c1-21-15(22)9-8-13(20-21)17(23)19-16(14-3-2-10-24-14)11-4-6-12(18)7-5-11/h2-7,10,16H,8-9H2,1H3,(H,19,23)/t16-/m0/s1. The number of thiophene rings is 1. The van der Waals surface area contributed by atoms with Crippen LogP contribution in [0.15, 0.2) is 46.9 Å². The quantitative estimate of drug-likeness (QED) is 0.926. The van der Waals surface area contributed by atoms with Crippen molar-refractivity contribution in [3.8, 4) is 0 Å². The summed E-state index contributed by atoms with van der Waals surface area (Å²) in [6.45, 7) is 0. The maximum absolute atomic E-state index is 13.2. The summed E-state index contributed by atoms with van der Waals surface area (Å²) in [5, 5.41) is 10.1. The summed E-state index contributed by atoms with van der Waals surface area (Å²) in [6, 6.07) is 9.46. The minimum absolute atomic E-state index is 0.111. The Morgan fingerprint density at radius 2 is 2.04 bits per heavy atom. The number of carbonyl (C=O) groups is 2. The monoisotopic (exact) mass is 345 g/mol. The first kappa shape index (κ1) is 16.3. The van der Waals surface area contributed by atoms with E-state index in [1.165, 1.54) is 35.5 Å². The van der Waals surface area contributed by atoms with Crippen LogP contribution in [-0.2, 0) is 9.59 Å². The van der Waals surface area contributed by atoms with Crippen molar-refractivity contribution < 1.29 is 14.0 Å². The second-order valence-electron chi connectivity index (χ2n) is 5.44. The van der Waals surface area contributed by atoms with Crippen molar-refractivity contribution in [2.75, 3.05) is 7.05 Å². The van der Waals surface area contributed by atoms with Crippen molar-refractivity contribution in [3.63, 3.8) is 0 Å². The fourth-order valence-corrected chi connectivity index (χ4v) is 3.28. The number of halogens is 1. The molecule has 1 aromatic heterocycles. The predicted octanol–water partition coefficient (Wildman–Crippen LogP) is 2.70. The highest BCUT2D eigenvalue weighted by Gasteiger charge is 2.25. The Balaban J connectivity index is 1.85. The van der Waals surface area contributed by atoms with Crippen LogP contribution < -0.4 is 5.32 Å².